The summed E-state index contributed by atoms with van der Waals surface area (Å²) >= 11 is 0. The second kappa shape index (κ2) is 5.66. The maximum absolute atomic E-state index is 13.0. The minimum atomic E-state index is -4.41. The SMILES string of the molecule is CCCn1cc(C(N)c2ccccc2C(F)(F)F)cn1. The fourth-order valence-corrected chi connectivity index (χ4v) is 2.10. The summed E-state index contributed by atoms with van der Waals surface area (Å²) in [4.78, 5) is 0. The Morgan fingerprint density at radius 3 is 2.65 bits per heavy atom. The number of benzene rings is 1. The average Bonchev–Trinajstić information content (AvgIpc) is 2.86. The molecule has 0 saturated carbocycles. The smallest absolute Gasteiger partial charge is 0.320 e. The van der Waals surface area contributed by atoms with Crippen molar-refractivity contribution in [2.45, 2.75) is 32.1 Å². The van der Waals surface area contributed by atoms with Crippen LogP contribution in [0, 0.1) is 0 Å². The van der Waals surface area contributed by atoms with Crippen LogP contribution in [-0.2, 0) is 12.7 Å². The lowest BCUT2D eigenvalue weighted by Crippen LogP contribution is -2.18. The van der Waals surface area contributed by atoms with E-state index in [4.69, 9.17) is 5.73 Å². The molecule has 2 aromatic rings. The van der Waals surface area contributed by atoms with Crippen LogP contribution in [0.4, 0.5) is 13.2 Å². The summed E-state index contributed by atoms with van der Waals surface area (Å²) in [6.07, 6.45) is -0.294. The third-order valence-electron chi connectivity index (χ3n) is 3.07. The molecule has 0 amide bonds. The maximum Gasteiger partial charge on any atom is 0.416 e. The molecule has 0 saturated heterocycles. The first-order valence-corrected chi connectivity index (χ1v) is 6.37. The van der Waals surface area contributed by atoms with Crippen LogP contribution in [0.3, 0.4) is 0 Å². The molecule has 1 unspecified atom stereocenters. The summed E-state index contributed by atoms with van der Waals surface area (Å²) < 4.78 is 40.6. The van der Waals surface area contributed by atoms with Crippen molar-refractivity contribution >= 4 is 0 Å². The highest BCUT2D eigenvalue weighted by atomic mass is 19.4. The van der Waals surface area contributed by atoms with Gasteiger partial charge in [0.05, 0.1) is 17.8 Å². The lowest BCUT2D eigenvalue weighted by atomic mass is 9.97. The molecule has 1 atom stereocenters. The minimum absolute atomic E-state index is 0.0658. The van der Waals surface area contributed by atoms with Gasteiger partial charge in [0, 0.05) is 18.3 Å². The normalized spacial score (nSPS) is 13.4. The minimum Gasteiger partial charge on any atom is -0.320 e. The van der Waals surface area contributed by atoms with E-state index < -0.39 is 17.8 Å². The van der Waals surface area contributed by atoms with E-state index in [1.54, 1.807) is 16.9 Å². The number of alkyl halides is 3. The topological polar surface area (TPSA) is 43.8 Å². The van der Waals surface area contributed by atoms with Gasteiger partial charge in [-0.1, -0.05) is 25.1 Å². The van der Waals surface area contributed by atoms with Gasteiger partial charge in [-0.2, -0.15) is 18.3 Å². The zero-order valence-corrected chi connectivity index (χ0v) is 11.1. The molecule has 0 aliphatic heterocycles. The number of aromatic nitrogens is 2. The maximum atomic E-state index is 13.0. The van der Waals surface area contributed by atoms with Crippen molar-refractivity contribution in [3.8, 4) is 0 Å². The van der Waals surface area contributed by atoms with E-state index in [-0.39, 0.29) is 5.56 Å². The quantitative estimate of drug-likeness (QED) is 0.935. The van der Waals surface area contributed by atoms with Crippen LogP contribution in [0.25, 0.3) is 0 Å². The summed E-state index contributed by atoms with van der Waals surface area (Å²) in [5.41, 5.74) is 5.92. The van der Waals surface area contributed by atoms with Gasteiger partial charge in [0.2, 0.25) is 0 Å². The highest BCUT2D eigenvalue weighted by molar-refractivity contribution is 5.37. The Hall–Kier alpha value is -1.82. The molecule has 0 radical (unpaired) electrons. The van der Waals surface area contributed by atoms with Gasteiger partial charge in [0.15, 0.2) is 0 Å². The predicted molar refractivity (Wildman–Crippen MR) is 70.0 cm³/mol. The Balaban J connectivity index is 2.35. The second-order valence-electron chi connectivity index (χ2n) is 4.60. The van der Waals surface area contributed by atoms with Crippen molar-refractivity contribution in [1.82, 2.24) is 9.78 Å². The number of hydrogen-bond acceptors (Lipinski definition) is 2. The molecule has 2 N–H and O–H groups in total. The number of rotatable bonds is 4. The van der Waals surface area contributed by atoms with E-state index in [0.717, 1.165) is 12.5 Å². The third kappa shape index (κ3) is 3.01. The number of nitrogens with two attached hydrogens (primary N) is 1. The van der Waals surface area contributed by atoms with Crippen LogP contribution >= 0.6 is 0 Å². The van der Waals surface area contributed by atoms with Crippen molar-refractivity contribution in [1.29, 1.82) is 0 Å². The fraction of sp³-hybridized carbons (Fsp3) is 0.357. The van der Waals surface area contributed by atoms with E-state index in [1.807, 2.05) is 6.92 Å². The van der Waals surface area contributed by atoms with Gasteiger partial charge in [-0.05, 0) is 18.1 Å². The van der Waals surface area contributed by atoms with Crippen LogP contribution < -0.4 is 5.73 Å². The second-order valence-corrected chi connectivity index (χ2v) is 4.60. The Morgan fingerprint density at radius 1 is 1.30 bits per heavy atom. The Bertz CT molecular complexity index is 575. The molecule has 1 aromatic heterocycles. The zero-order chi connectivity index (χ0) is 14.8. The van der Waals surface area contributed by atoms with Gasteiger partial charge in [-0.15, -0.1) is 0 Å². The molecule has 108 valence electrons. The molecular formula is C14H16F3N3. The van der Waals surface area contributed by atoms with Crippen LogP contribution in [0.1, 0.15) is 36.1 Å². The summed E-state index contributed by atoms with van der Waals surface area (Å²) in [5, 5.41) is 4.10. The first-order chi connectivity index (χ1) is 9.43. The predicted octanol–water partition coefficient (Wildman–Crippen LogP) is 3.36. The number of halogens is 3. The summed E-state index contributed by atoms with van der Waals surface area (Å²) in [6.45, 7) is 2.72. The molecule has 1 heterocycles. The average molecular weight is 283 g/mol. The van der Waals surface area contributed by atoms with Crippen LogP contribution in [-0.4, -0.2) is 9.78 Å². The molecule has 20 heavy (non-hydrogen) atoms. The Labute approximate surface area is 115 Å². The van der Waals surface area contributed by atoms with Crippen molar-refractivity contribution in [3.05, 3.63) is 53.3 Å². The Morgan fingerprint density at radius 2 is 2.00 bits per heavy atom. The van der Waals surface area contributed by atoms with Gasteiger partial charge >= 0.3 is 6.18 Å². The molecular weight excluding hydrogens is 267 g/mol. The van der Waals surface area contributed by atoms with E-state index >= 15 is 0 Å². The summed E-state index contributed by atoms with van der Waals surface area (Å²) in [7, 11) is 0. The highest BCUT2D eigenvalue weighted by Gasteiger charge is 2.34. The van der Waals surface area contributed by atoms with Crippen LogP contribution in [0.5, 0.6) is 0 Å². The Kier molecular flexibility index (Phi) is 4.13. The van der Waals surface area contributed by atoms with Gasteiger partial charge in [0.25, 0.3) is 0 Å². The molecule has 0 aliphatic rings. The molecule has 0 bridgehead atoms. The van der Waals surface area contributed by atoms with Gasteiger partial charge in [0.1, 0.15) is 0 Å². The van der Waals surface area contributed by atoms with Crippen LogP contribution in [0.15, 0.2) is 36.7 Å². The zero-order valence-electron chi connectivity index (χ0n) is 11.1. The van der Waals surface area contributed by atoms with Crippen molar-refractivity contribution in [3.63, 3.8) is 0 Å². The third-order valence-corrected chi connectivity index (χ3v) is 3.07. The summed E-state index contributed by atoms with van der Waals surface area (Å²) in [5.74, 6) is 0. The molecule has 0 aliphatic carbocycles. The molecule has 0 fully saturated rings. The summed E-state index contributed by atoms with van der Waals surface area (Å²) in [6, 6.07) is 4.54. The standard InChI is InChI=1S/C14H16F3N3/c1-2-7-20-9-10(8-19-20)13(18)11-5-3-4-6-12(11)14(15,16)17/h3-6,8-9,13H,2,7,18H2,1H3. The monoisotopic (exact) mass is 283 g/mol. The lowest BCUT2D eigenvalue weighted by Gasteiger charge is -2.17. The first-order valence-electron chi connectivity index (χ1n) is 6.37. The molecule has 6 heteroatoms. The van der Waals surface area contributed by atoms with E-state index in [0.29, 0.717) is 12.1 Å². The van der Waals surface area contributed by atoms with Gasteiger partial charge < -0.3 is 5.73 Å². The van der Waals surface area contributed by atoms with Crippen molar-refractivity contribution in [2.24, 2.45) is 5.73 Å². The van der Waals surface area contributed by atoms with Crippen LogP contribution in [0.2, 0.25) is 0 Å². The number of nitrogens with zero attached hydrogens (tertiary/aromatic N) is 2. The van der Waals surface area contributed by atoms with E-state index in [1.165, 1.54) is 18.3 Å². The van der Waals surface area contributed by atoms with Gasteiger partial charge in [-0.25, -0.2) is 0 Å². The highest BCUT2D eigenvalue weighted by Crippen LogP contribution is 2.35. The van der Waals surface area contributed by atoms with Crippen molar-refractivity contribution < 1.29 is 13.2 Å². The molecule has 0 spiro atoms. The van der Waals surface area contributed by atoms with Gasteiger partial charge in [-0.3, -0.25) is 4.68 Å². The largest absolute Gasteiger partial charge is 0.416 e. The molecule has 2 rings (SSSR count). The number of aryl methyl sites for hydroxylation is 1. The first kappa shape index (κ1) is 14.6. The number of hydrogen-bond donors (Lipinski definition) is 1. The van der Waals surface area contributed by atoms with E-state index in [2.05, 4.69) is 5.10 Å². The van der Waals surface area contributed by atoms with Crippen molar-refractivity contribution in [2.75, 3.05) is 0 Å². The fourth-order valence-electron chi connectivity index (χ4n) is 2.10. The lowest BCUT2D eigenvalue weighted by molar-refractivity contribution is -0.138. The van der Waals surface area contributed by atoms with E-state index in [9.17, 15) is 13.2 Å². The molecule has 1 aromatic carbocycles. The molecule has 3 nitrogen and oxygen atoms in total.